The largest absolute Gasteiger partial charge is 0.399 e. The summed E-state index contributed by atoms with van der Waals surface area (Å²) < 4.78 is 0. The Labute approximate surface area is 112 Å². The number of carbonyl (C=O) groups excluding carboxylic acids is 1. The van der Waals surface area contributed by atoms with Crippen LogP contribution in [0.2, 0.25) is 0 Å². The molecule has 2 N–H and O–H groups in total. The van der Waals surface area contributed by atoms with Crippen LogP contribution in [-0.4, -0.2) is 5.91 Å². The van der Waals surface area contributed by atoms with Crippen molar-refractivity contribution < 1.29 is 4.79 Å². The minimum atomic E-state index is 0.182. The molecular weight excluding hydrogens is 236 g/mol. The summed E-state index contributed by atoms with van der Waals surface area (Å²) in [4.78, 5) is 14.0. The Morgan fingerprint density at radius 3 is 2.63 bits per heavy atom. The van der Waals surface area contributed by atoms with Crippen LogP contribution in [0, 0.1) is 0 Å². The molecule has 0 radical (unpaired) electrons. The number of aryl methyl sites for hydroxylation is 1. The molecule has 1 heterocycles. The molecule has 2 aromatic carbocycles. The number of nitrogens with zero attached hydrogens (tertiary/aromatic N) is 1. The Morgan fingerprint density at radius 2 is 1.84 bits per heavy atom. The van der Waals surface area contributed by atoms with Gasteiger partial charge in [0.25, 0.3) is 0 Å². The lowest BCUT2D eigenvalue weighted by molar-refractivity contribution is -0.119. The first-order valence-corrected chi connectivity index (χ1v) is 6.47. The SMILES string of the molecule is Nc1ccc2c(c1)CCC(=O)N2Cc1ccccc1. The highest BCUT2D eigenvalue weighted by Gasteiger charge is 2.24. The zero-order chi connectivity index (χ0) is 13.2. The maximum Gasteiger partial charge on any atom is 0.227 e. The molecular formula is C16H16N2O. The van der Waals surface area contributed by atoms with Gasteiger partial charge in [-0.05, 0) is 35.7 Å². The van der Waals surface area contributed by atoms with E-state index in [0.717, 1.165) is 28.9 Å². The molecule has 0 aromatic heterocycles. The second-order valence-corrected chi connectivity index (χ2v) is 4.85. The van der Waals surface area contributed by atoms with E-state index in [1.165, 1.54) is 0 Å². The van der Waals surface area contributed by atoms with E-state index >= 15 is 0 Å². The van der Waals surface area contributed by atoms with Crippen LogP contribution in [-0.2, 0) is 17.8 Å². The van der Waals surface area contributed by atoms with Crippen molar-refractivity contribution in [3.63, 3.8) is 0 Å². The van der Waals surface area contributed by atoms with Gasteiger partial charge in [-0.25, -0.2) is 0 Å². The third-order valence-corrected chi connectivity index (χ3v) is 3.49. The van der Waals surface area contributed by atoms with Gasteiger partial charge in [0, 0.05) is 17.8 Å². The Hall–Kier alpha value is -2.29. The van der Waals surface area contributed by atoms with Crippen molar-refractivity contribution in [3.8, 4) is 0 Å². The average Bonchev–Trinajstić information content (AvgIpc) is 2.43. The lowest BCUT2D eigenvalue weighted by Crippen LogP contribution is -2.34. The molecule has 1 amide bonds. The van der Waals surface area contributed by atoms with Crippen LogP contribution in [0.4, 0.5) is 11.4 Å². The summed E-state index contributed by atoms with van der Waals surface area (Å²) in [7, 11) is 0. The number of hydrogen-bond donors (Lipinski definition) is 1. The first-order chi connectivity index (χ1) is 9.24. The van der Waals surface area contributed by atoms with E-state index in [-0.39, 0.29) is 5.91 Å². The van der Waals surface area contributed by atoms with Crippen LogP contribution < -0.4 is 10.6 Å². The lowest BCUT2D eigenvalue weighted by atomic mass is 10.00. The molecule has 96 valence electrons. The molecule has 3 nitrogen and oxygen atoms in total. The lowest BCUT2D eigenvalue weighted by Gasteiger charge is -2.29. The highest BCUT2D eigenvalue weighted by molar-refractivity contribution is 5.96. The zero-order valence-corrected chi connectivity index (χ0v) is 10.7. The van der Waals surface area contributed by atoms with Gasteiger partial charge in [-0.15, -0.1) is 0 Å². The van der Waals surface area contributed by atoms with Crippen molar-refractivity contribution >= 4 is 17.3 Å². The monoisotopic (exact) mass is 252 g/mol. The van der Waals surface area contributed by atoms with Crippen molar-refractivity contribution in [2.75, 3.05) is 10.6 Å². The number of rotatable bonds is 2. The molecule has 3 heteroatoms. The quantitative estimate of drug-likeness (QED) is 0.835. The molecule has 0 saturated heterocycles. The number of anilines is 2. The number of carbonyl (C=O) groups is 1. The molecule has 0 spiro atoms. The standard InChI is InChI=1S/C16H16N2O/c17-14-7-8-15-13(10-14)6-9-16(19)18(15)11-12-4-2-1-3-5-12/h1-5,7-8,10H,6,9,11,17H2. The van der Waals surface area contributed by atoms with Crippen LogP contribution in [0.5, 0.6) is 0 Å². The van der Waals surface area contributed by atoms with E-state index in [2.05, 4.69) is 0 Å². The van der Waals surface area contributed by atoms with Crippen molar-refractivity contribution in [3.05, 3.63) is 59.7 Å². The third kappa shape index (κ3) is 2.32. The van der Waals surface area contributed by atoms with Gasteiger partial charge in [0.05, 0.1) is 6.54 Å². The molecule has 1 aliphatic heterocycles. The highest BCUT2D eigenvalue weighted by Crippen LogP contribution is 2.30. The minimum absolute atomic E-state index is 0.182. The number of fused-ring (bicyclic) bond motifs is 1. The van der Waals surface area contributed by atoms with Gasteiger partial charge in [-0.2, -0.15) is 0 Å². The molecule has 0 saturated carbocycles. The van der Waals surface area contributed by atoms with Crippen LogP contribution >= 0.6 is 0 Å². The molecule has 0 fully saturated rings. The molecule has 19 heavy (non-hydrogen) atoms. The molecule has 3 rings (SSSR count). The predicted molar refractivity (Wildman–Crippen MR) is 76.8 cm³/mol. The summed E-state index contributed by atoms with van der Waals surface area (Å²) >= 11 is 0. The Balaban J connectivity index is 1.95. The van der Waals surface area contributed by atoms with Crippen molar-refractivity contribution in [1.29, 1.82) is 0 Å². The normalized spacial score (nSPS) is 14.3. The first kappa shape index (κ1) is 11.8. The van der Waals surface area contributed by atoms with Gasteiger partial charge in [0.2, 0.25) is 5.91 Å². The van der Waals surface area contributed by atoms with Gasteiger partial charge in [0.15, 0.2) is 0 Å². The Morgan fingerprint density at radius 1 is 1.05 bits per heavy atom. The fraction of sp³-hybridized carbons (Fsp3) is 0.188. The topological polar surface area (TPSA) is 46.3 Å². The van der Waals surface area contributed by atoms with E-state index in [9.17, 15) is 4.79 Å². The van der Waals surface area contributed by atoms with E-state index < -0.39 is 0 Å². The molecule has 1 aliphatic rings. The van der Waals surface area contributed by atoms with Crippen molar-refractivity contribution in [2.24, 2.45) is 0 Å². The Kier molecular flexibility index (Phi) is 2.95. The number of amides is 1. The Bertz CT molecular complexity index is 607. The number of nitrogen functional groups attached to an aromatic ring is 1. The minimum Gasteiger partial charge on any atom is -0.399 e. The van der Waals surface area contributed by atoms with Gasteiger partial charge in [-0.3, -0.25) is 4.79 Å². The molecule has 2 aromatic rings. The second kappa shape index (κ2) is 4.76. The number of benzene rings is 2. The number of nitrogens with two attached hydrogens (primary N) is 1. The van der Waals surface area contributed by atoms with E-state index in [1.807, 2.05) is 53.4 Å². The smallest absolute Gasteiger partial charge is 0.227 e. The van der Waals surface area contributed by atoms with Crippen LogP contribution in [0.25, 0.3) is 0 Å². The van der Waals surface area contributed by atoms with E-state index in [0.29, 0.717) is 13.0 Å². The summed E-state index contributed by atoms with van der Waals surface area (Å²) in [5, 5.41) is 0. The summed E-state index contributed by atoms with van der Waals surface area (Å²) in [5.74, 6) is 0.182. The van der Waals surface area contributed by atoms with Crippen LogP contribution in [0.3, 0.4) is 0 Å². The fourth-order valence-corrected chi connectivity index (χ4v) is 2.52. The summed E-state index contributed by atoms with van der Waals surface area (Å²) in [6.45, 7) is 0.622. The summed E-state index contributed by atoms with van der Waals surface area (Å²) in [6, 6.07) is 15.8. The van der Waals surface area contributed by atoms with Gasteiger partial charge >= 0.3 is 0 Å². The van der Waals surface area contributed by atoms with Gasteiger partial charge < -0.3 is 10.6 Å². The van der Waals surface area contributed by atoms with Gasteiger partial charge in [-0.1, -0.05) is 30.3 Å². The molecule has 0 unspecified atom stereocenters. The maximum absolute atomic E-state index is 12.1. The second-order valence-electron chi connectivity index (χ2n) is 4.85. The summed E-state index contributed by atoms with van der Waals surface area (Å²) in [5.41, 5.74) is 9.86. The van der Waals surface area contributed by atoms with Crippen molar-refractivity contribution in [2.45, 2.75) is 19.4 Å². The third-order valence-electron chi connectivity index (χ3n) is 3.49. The number of hydrogen-bond acceptors (Lipinski definition) is 2. The first-order valence-electron chi connectivity index (χ1n) is 6.47. The van der Waals surface area contributed by atoms with E-state index in [1.54, 1.807) is 0 Å². The molecule has 0 bridgehead atoms. The average molecular weight is 252 g/mol. The highest BCUT2D eigenvalue weighted by atomic mass is 16.2. The molecule has 0 aliphatic carbocycles. The van der Waals surface area contributed by atoms with Crippen LogP contribution in [0.1, 0.15) is 17.5 Å². The van der Waals surface area contributed by atoms with Crippen LogP contribution in [0.15, 0.2) is 48.5 Å². The van der Waals surface area contributed by atoms with Gasteiger partial charge in [0.1, 0.15) is 0 Å². The predicted octanol–water partition coefficient (Wildman–Crippen LogP) is 2.75. The van der Waals surface area contributed by atoms with Crippen molar-refractivity contribution in [1.82, 2.24) is 0 Å². The van der Waals surface area contributed by atoms with E-state index in [4.69, 9.17) is 5.73 Å². The zero-order valence-electron chi connectivity index (χ0n) is 10.7. The summed E-state index contributed by atoms with van der Waals surface area (Å²) in [6.07, 6.45) is 1.34. The fourth-order valence-electron chi connectivity index (χ4n) is 2.52. The molecule has 0 atom stereocenters. The maximum atomic E-state index is 12.1.